The fourth-order valence-corrected chi connectivity index (χ4v) is 1.84. The highest BCUT2D eigenvalue weighted by Crippen LogP contribution is 2.25. The molecule has 1 heterocycles. The summed E-state index contributed by atoms with van der Waals surface area (Å²) in [5.74, 6) is 0. The molecule has 1 saturated heterocycles. The van der Waals surface area contributed by atoms with E-state index >= 15 is 0 Å². The fourth-order valence-electron chi connectivity index (χ4n) is 1.84. The number of ether oxygens (including phenoxy) is 1. The standard InChI is InChI=1S/C13H17F2NO/c1-13(8-17-9-13)7-16-6-10-2-4-11(5-3-10)12(14)15/h2-5,12,16H,6-9H2,1H3. The van der Waals surface area contributed by atoms with E-state index in [0.717, 1.165) is 25.3 Å². The minimum absolute atomic E-state index is 0.0769. The first kappa shape index (κ1) is 12.5. The van der Waals surface area contributed by atoms with Crippen molar-refractivity contribution in [1.82, 2.24) is 5.32 Å². The van der Waals surface area contributed by atoms with Crippen LogP contribution < -0.4 is 5.32 Å². The first-order chi connectivity index (χ1) is 8.09. The van der Waals surface area contributed by atoms with Gasteiger partial charge in [0.1, 0.15) is 0 Å². The normalized spacial score (nSPS) is 18.1. The molecule has 0 radical (unpaired) electrons. The maximum Gasteiger partial charge on any atom is 0.263 e. The first-order valence-electron chi connectivity index (χ1n) is 5.75. The summed E-state index contributed by atoms with van der Waals surface area (Å²) in [6.45, 7) is 5.36. The van der Waals surface area contributed by atoms with E-state index in [1.165, 1.54) is 12.1 Å². The van der Waals surface area contributed by atoms with Crippen LogP contribution in [0.1, 0.15) is 24.5 Å². The van der Waals surface area contributed by atoms with Crippen LogP contribution in [0.25, 0.3) is 0 Å². The van der Waals surface area contributed by atoms with Gasteiger partial charge in [-0.15, -0.1) is 0 Å². The van der Waals surface area contributed by atoms with E-state index in [1.54, 1.807) is 12.1 Å². The molecule has 1 aromatic carbocycles. The van der Waals surface area contributed by atoms with Crippen molar-refractivity contribution in [3.05, 3.63) is 35.4 Å². The molecule has 1 aliphatic rings. The highest BCUT2D eigenvalue weighted by Gasteiger charge is 2.32. The van der Waals surface area contributed by atoms with Crippen LogP contribution in [0.4, 0.5) is 8.78 Å². The van der Waals surface area contributed by atoms with Crippen LogP contribution in [-0.4, -0.2) is 19.8 Å². The van der Waals surface area contributed by atoms with Crippen LogP contribution >= 0.6 is 0 Å². The second-order valence-corrected chi connectivity index (χ2v) is 4.95. The first-order valence-corrected chi connectivity index (χ1v) is 5.75. The van der Waals surface area contributed by atoms with Crippen LogP contribution in [-0.2, 0) is 11.3 Å². The molecule has 0 bridgehead atoms. The maximum atomic E-state index is 12.3. The summed E-state index contributed by atoms with van der Waals surface area (Å²) in [6, 6.07) is 6.45. The average molecular weight is 241 g/mol. The van der Waals surface area contributed by atoms with Crippen molar-refractivity contribution < 1.29 is 13.5 Å². The Morgan fingerprint density at radius 3 is 2.41 bits per heavy atom. The third kappa shape index (κ3) is 3.23. The summed E-state index contributed by atoms with van der Waals surface area (Å²) in [6.07, 6.45) is -2.39. The minimum atomic E-state index is -2.39. The maximum absolute atomic E-state index is 12.3. The molecule has 0 spiro atoms. The van der Waals surface area contributed by atoms with Gasteiger partial charge in [0.15, 0.2) is 0 Å². The lowest BCUT2D eigenvalue weighted by atomic mass is 9.89. The molecule has 0 aromatic heterocycles. The van der Waals surface area contributed by atoms with Gasteiger partial charge in [0.2, 0.25) is 0 Å². The quantitative estimate of drug-likeness (QED) is 0.855. The Bertz CT molecular complexity index is 360. The Balaban J connectivity index is 1.79. The SMILES string of the molecule is CC1(CNCc2ccc(C(F)F)cc2)COC1. The molecule has 2 nitrogen and oxygen atoms in total. The lowest BCUT2D eigenvalue weighted by molar-refractivity contribution is -0.0991. The predicted molar refractivity (Wildman–Crippen MR) is 62.0 cm³/mol. The van der Waals surface area contributed by atoms with E-state index < -0.39 is 6.43 Å². The molecule has 1 aromatic rings. The number of nitrogens with one attached hydrogen (secondary N) is 1. The second kappa shape index (κ2) is 5.10. The van der Waals surface area contributed by atoms with Crippen molar-refractivity contribution in [1.29, 1.82) is 0 Å². The van der Waals surface area contributed by atoms with E-state index in [9.17, 15) is 8.78 Å². The summed E-state index contributed by atoms with van der Waals surface area (Å²) in [7, 11) is 0. The lowest BCUT2D eigenvalue weighted by Crippen LogP contribution is -2.47. The van der Waals surface area contributed by atoms with Gasteiger partial charge in [0.05, 0.1) is 13.2 Å². The lowest BCUT2D eigenvalue weighted by Gasteiger charge is -2.38. The van der Waals surface area contributed by atoms with Crippen LogP contribution in [0.15, 0.2) is 24.3 Å². The number of hydrogen-bond acceptors (Lipinski definition) is 2. The highest BCUT2D eigenvalue weighted by molar-refractivity contribution is 5.23. The third-order valence-corrected chi connectivity index (χ3v) is 3.01. The van der Waals surface area contributed by atoms with Crippen molar-refractivity contribution in [3.63, 3.8) is 0 Å². The molecule has 0 aliphatic carbocycles. The van der Waals surface area contributed by atoms with Gasteiger partial charge in [-0.3, -0.25) is 0 Å². The topological polar surface area (TPSA) is 21.3 Å². The zero-order valence-corrected chi connectivity index (χ0v) is 9.88. The van der Waals surface area contributed by atoms with Crippen LogP contribution in [0.5, 0.6) is 0 Å². The van der Waals surface area contributed by atoms with E-state index in [4.69, 9.17) is 4.74 Å². The fraction of sp³-hybridized carbons (Fsp3) is 0.538. The van der Waals surface area contributed by atoms with Crippen molar-refractivity contribution in [3.8, 4) is 0 Å². The molecule has 0 amide bonds. The number of halogens is 2. The summed E-state index contributed by atoms with van der Waals surface area (Å²) in [5, 5.41) is 3.33. The minimum Gasteiger partial charge on any atom is -0.380 e. The van der Waals surface area contributed by atoms with Gasteiger partial charge in [-0.25, -0.2) is 8.78 Å². The molecule has 94 valence electrons. The Labute approximate surface area is 100.0 Å². The number of hydrogen-bond donors (Lipinski definition) is 1. The van der Waals surface area contributed by atoms with E-state index in [1.807, 2.05) is 0 Å². The zero-order valence-electron chi connectivity index (χ0n) is 9.88. The van der Waals surface area contributed by atoms with Crippen molar-refractivity contribution in [2.45, 2.75) is 19.9 Å². The molecular weight excluding hydrogens is 224 g/mol. The van der Waals surface area contributed by atoms with Gasteiger partial charge in [0, 0.05) is 24.1 Å². The molecule has 4 heteroatoms. The Kier molecular flexibility index (Phi) is 3.74. The van der Waals surface area contributed by atoms with Crippen molar-refractivity contribution in [2.75, 3.05) is 19.8 Å². The molecule has 0 unspecified atom stereocenters. The van der Waals surface area contributed by atoms with Crippen LogP contribution in [0, 0.1) is 5.41 Å². The molecule has 17 heavy (non-hydrogen) atoms. The average Bonchev–Trinajstić information content (AvgIpc) is 2.27. The van der Waals surface area contributed by atoms with Gasteiger partial charge in [-0.1, -0.05) is 31.2 Å². The highest BCUT2D eigenvalue weighted by atomic mass is 19.3. The molecule has 0 atom stereocenters. The Morgan fingerprint density at radius 1 is 1.29 bits per heavy atom. The van der Waals surface area contributed by atoms with Gasteiger partial charge < -0.3 is 10.1 Å². The largest absolute Gasteiger partial charge is 0.380 e. The summed E-state index contributed by atoms with van der Waals surface area (Å²) in [5.41, 5.74) is 1.34. The van der Waals surface area contributed by atoms with E-state index in [0.29, 0.717) is 6.54 Å². The van der Waals surface area contributed by atoms with Crippen LogP contribution in [0.2, 0.25) is 0 Å². The van der Waals surface area contributed by atoms with Gasteiger partial charge in [-0.2, -0.15) is 0 Å². The third-order valence-electron chi connectivity index (χ3n) is 3.01. The zero-order chi connectivity index (χ0) is 12.3. The van der Waals surface area contributed by atoms with Gasteiger partial charge >= 0.3 is 0 Å². The Morgan fingerprint density at radius 2 is 1.94 bits per heavy atom. The van der Waals surface area contributed by atoms with E-state index in [-0.39, 0.29) is 11.0 Å². The number of rotatable bonds is 5. The van der Waals surface area contributed by atoms with Crippen LogP contribution in [0.3, 0.4) is 0 Å². The molecule has 1 N–H and O–H groups in total. The van der Waals surface area contributed by atoms with Crippen molar-refractivity contribution in [2.24, 2.45) is 5.41 Å². The van der Waals surface area contributed by atoms with Gasteiger partial charge in [0.25, 0.3) is 6.43 Å². The van der Waals surface area contributed by atoms with E-state index in [2.05, 4.69) is 12.2 Å². The summed E-state index contributed by atoms with van der Waals surface area (Å²) < 4.78 is 29.8. The van der Waals surface area contributed by atoms with Crippen molar-refractivity contribution >= 4 is 0 Å². The molecule has 1 fully saturated rings. The molecule has 1 aliphatic heterocycles. The second-order valence-electron chi connectivity index (χ2n) is 4.95. The van der Waals surface area contributed by atoms with Gasteiger partial charge in [-0.05, 0) is 5.56 Å². The predicted octanol–water partition coefficient (Wildman–Crippen LogP) is 2.75. The monoisotopic (exact) mass is 241 g/mol. The summed E-state index contributed by atoms with van der Waals surface area (Å²) >= 11 is 0. The molecular formula is C13H17F2NO. The number of benzene rings is 1. The summed E-state index contributed by atoms with van der Waals surface area (Å²) in [4.78, 5) is 0. The number of alkyl halides is 2. The molecule has 0 saturated carbocycles. The Hall–Kier alpha value is -1.00. The molecule has 2 rings (SSSR count). The smallest absolute Gasteiger partial charge is 0.263 e.